The smallest absolute Gasteiger partial charge is 0.251 e. The second kappa shape index (κ2) is 8.95. The Morgan fingerprint density at radius 2 is 1.61 bits per heavy atom. The summed E-state index contributed by atoms with van der Waals surface area (Å²) in [5.41, 5.74) is 4.47. The standard InChI is InChI=1S/C23H23N3O2/c1-3-22(27)26(2)21-12-10-19(11-13-21)18-6-8-20(9-7-18)23(28)25-16-17-5-4-14-24-15-17/h4-15H,3,16H2,1-2H3,(H,25,28). The zero-order chi connectivity index (χ0) is 19.9. The molecular formula is C23H23N3O2. The second-order valence-electron chi connectivity index (χ2n) is 6.47. The first-order chi connectivity index (χ1) is 13.6. The zero-order valence-corrected chi connectivity index (χ0v) is 16.1. The van der Waals surface area contributed by atoms with Crippen LogP contribution in [0.4, 0.5) is 5.69 Å². The monoisotopic (exact) mass is 373 g/mol. The van der Waals surface area contributed by atoms with Gasteiger partial charge in [-0.25, -0.2) is 0 Å². The zero-order valence-electron chi connectivity index (χ0n) is 16.1. The number of carbonyl (C=O) groups excluding carboxylic acids is 2. The Morgan fingerprint density at radius 3 is 2.18 bits per heavy atom. The van der Waals surface area contributed by atoms with Crippen molar-refractivity contribution in [3.05, 3.63) is 84.2 Å². The largest absolute Gasteiger partial charge is 0.348 e. The molecule has 142 valence electrons. The number of rotatable bonds is 6. The molecule has 3 rings (SSSR count). The van der Waals surface area contributed by atoms with Crippen LogP contribution in [0.5, 0.6) is 0 Å². The highest BCUT2D eigenvalue weighted by molar-refractivity contribution is 5.95. The van der Waals surface area contributed by atoms with Crippen LogP contribution < -0.4 is 10.2 Å². The molecule has 1 heterocycles. The third-order valence-corrected chi connectivity index (χ3v) is 4.59. The van der Waals surface area contributed by atoms with E-state index in [-0.39, 0.29) is 11.8 Å². The highest BCUT2D eigenvalue weighted by Crippen LogP contribution is 2.23. The Balaban J connectivity index is 1.65. The maximum Gasteiger partial charge on any atom is 0.251 e. The first kappa shape index (κ1) is 19.3. The minimum Gasteiger partial charge on any atom is -0.348 e. The van der Waals surface area contributed by atoms with Gasteiger partial charge >= 0.3 is 0 Å². The highest BCUT2D eigenvalue weighted by Gasteiger charge is 2.09. The van der Waals surface area contributed by atoms with Gasteiger partial charge in [0.15, 0.2) is 0 Å². The van der Waals surface area contributed by atoms with Gasteiger partial charge in [-0.2, -0.15) is 0 Å². The van der Waals surface area contributed by atoms with Crippen LogP contribution in [-0.2, 0) is 11.3 Å². The average Bonchev–Trinajstić information content (AvgIpc) is 2.77. The molecule has 0 atom stereocenters. The molecule has 5 nitrogen and oxygen atoms in total. The van der Waals surface area contributed by atoms with Crippen molar-refractivity contribution < 1.29 is 9.59 Å². The number of amides is 2. The van der Waals surface area contributed by atoms with Crippen LogP contribution in [0, 0.1) is 0 Å². The normalized spacial score (nSPS) is 10.4. The van der Waals surface area contributed by atoms with Gasteiger partial charge in [0.05, 0.1) is 0 Å². The minimum atomic E-state index is -0.120. The van der Waals surface area contributed by atoms with Crippen LogP contribution in [0.3, 0.4) is 0 Å². The number of hydrogen-bond acceptors (Lipinski definition) is 3. The lowest BCUT2D eigenvalue weighted by molar-refractivity contribution is -0.118. The van der Waals surface area contributed by atoms with E-state index >= 15 is 0 Å². The fraction of sp³-hybridized carbons (Fsp3) is 0.174. The molecule has 0 saturated heterocycles. The second-order valence-corrected chi connectivity index (χ2v) is 6.47. The van der Waals surface area contributed by atoms with E-state index in [1.54, 1.807) is 24.3 Å². The van der Waals surface area contributed by atoms with E-state index in [1.165, 1.54) is 0 Å². The number of benzene rings is 2. The van der Waals surface area contributed by atoms with E-state index in [1.807, 2.05) is 67.6 Å². The van der Waals surface area contributed by atoms with Gasteiger partial charge in [0.1, 0.15) is 0 Å². The Kier molecular flexibility index (Phi) is 6.17. The van der Waals surface area contributed by atoms with Gasteiger partial charge in [-0.1, -0.05) is 37.3 Å². The van der Waals surface area contributed by atoms with Crippen molar-refractivity contribution in [1.82, 2.24) is 10.3 Å². The topological polar surface area (TPSA) is 62.3 Å². The number of carbonyl (C=O) groups is 2. The van der Waals surface area contributed by atoms with Crippen LogP contribution in [-0.4, -0.2) is 23.8 Å². The lowest BCUT2D eigenvalue weighted by atomic mass is 10.0. The molecule has 0 bridgehead atoms. The first-order valence-corrected chi connectivity index (χ1v) is 9.22. The summed E-state index contributed by atoms with van der Waals surface area (Å²) in [5, 5.41) is 2.89. The van der Waals surface area contributed by atoms with Crippen LogP contribution >= 0.6 is 0 Å². The van der Waals surface area contributed by atoms with Crippen LogP contribution in [0.1, 0.15) is 29.3 Å². The Bertz CT molecular complexity index is 936. The molecule has 0 aliphatic carbocycles. The SMILES string of the molecule is CCC(=O)N(C)c1ccc(-c2ccc(C(=O)NCc3cccnc3)cc2)cc1. The van der Waals surface area contributed by atoms with Crippen LogP contribution in [0.2, 0.25) is 0 Å². The van der Waals surface area contributed by atoms with E-state index in [0.717, 1.165) is 22.4 Å². The molecule has 0 saturated carbocycles. The molecule has 0 radical (unpaired) electrons. The van der Waals surface area contributed by atoms with Gasteiger partial charge in [-0.3, -0.25) is 14.6 Å². The molecule has 0 spiro atoms. The minimum absolute atomic E-state index is 0.0781. The fourth-order valence-corrected chi connectivity index (χ4v) is 2.86. The number of nitrogens with zero attached hydrogens (tertiary/aromatic N) is 2. The van der Waals surface area contributed by atoms with Crippen molar-refractivity contribution >= 4 is 17.5 Å². The molecule has 2 aromatic carbocycles. The van der Waals surface area contributed by atoms with Crippen molar-refractivity contribution in [1.29, 1.82) is 0 Å². The summed E-state index contributed by atoms with van der Waals surface area (Å²) in [4.78, 5) is 29.8. The molecule has 3 aromatic rings. The van der Waals surface area contributed by atoms with Crippen molar-refractivity contribution in [2.45, 2.75) is 19.9 Å². The maximum absolute atomic E-state index is 12.3. The Morgan fingerprint density at radius 1 is 0.964 bits per heavy atom. The van der Waals surface area contributed by atoms with Crippen molar-refractivity contribution in [2.75, 3.05) is 11.9 Å². The van der Waals surface area contributed by atoms with E-state index < -0.39 is 0 Å². The summed E-state index contributed by atoms with van der Waals surface area (Å²) < 4.78 is 0. The maximum atomic E-state index is 12.3. The Hall–Kier alpha value is -3.47. The number of pyridine rings is 1. The average molecular weight is 373 g/mol. The summed E-state index contributed by atoms with van der Waals surface area (Å²) in [5.74, 6) is -0.0418. The molecule has 1 N–H and O–H groups in total. The number of hydrogen-bond donors (Lipinski definition) is 1. The molecule has 0 aliphatic heterocycles. The number of aromatic nitrogens is 1. The summed E-state index contributed by atoms with van der Waals surface area (Å²) in [6.07, 6.45) is 3.91. The molecule has 2 amide bonds. The van der Waals surface area contributed by atoms with Gasteiger partial charge < -0.3 is 10.2 Å². The van der Waals surface area contributed by atoms with E-state index in [4.69, 9.17) is 0 Å². The Labute approximate surface area is 165 Å². The van der Waals surface area contributed by atoms with E-state index in [0.29, 0.717) is 18.5 Å². The molecule has 5 heteroatoms. The molecular weight excluding hydrogens is 350 g/mol. The van der Waals surface area contributed by atoms with Gasteiger partial charge in [-0.05, 0) is 47.0 Å². The summed E-state index contributed by atoms with van der Waals surface area (Å²) in [7, 11) is 1.78. The summed E-state index contributed by atoms with van der Waals surface area (Å²) in [6, 6.07) is 19.1. The van der Waals surface area contributed by atoms with Gasteiger partial charge in [0, 0.05) is 43.7 Å². The van der Waals surface area contributed by atoms with Crippen molar-refractivity contribution in [3.8, 4) is 11.1 Å². The van der Waals surface area contributed by atoms with Gasteiger partial charge in [0.25, 0.3) is 5.91 Å². The number of anilines is 1. The molecule has 0 aliphatic rings. The fourth-order valence-electron chi connectivity index (χ4n) is 2.86. The van der Waals surface area contributed by atoms with E-state index in [2.05, 4.69) is 10.3 Å². The third kappa shape index (κ3) is 4.62. The molecule has 1 aromatic heterocycles. The number of nitrogens with one attached hydrogen (secondary N) is 1. The van der Waals surface area contributed by atoms with Crippen LogP contribution in [0.15, 0.2) is 73.1 Å². The molecule has 0 unspecified atom stereocenters. The predicted molar refractivity (Wildman–Crippen MR) is 111 cm³/mol. The lowest BCUT2D eigenvalue weighted by Crippen LogP contribution is -2.24. The summed E-state index contributed by atoms with van der Waals surface area (Å²) >= 11 is 0. The van der Waals surface area contributed by atoms with Gasteiger partial charge in [0.2, 0.25) is 5.91 Å². The van der Waals surface area contributed by atoms with Crippen molar-refractivity contribution in [2.24, 2.45) is 0 Å². The lowest BCUT2D eigenvalue weighted by Gasteiger charge is -2.16. The first-order valence-electron chi connectivity index (χ1n) is 9.22. The van der Waals surface area contributed by atoms with Gasteiger partial charge in [-0.15, -0.1) is 0 Å². The molecule has 28 heavy (non-hydrogen) atoms. The van der Waals surface area contributed by atoms with Crippen molar-refractivity contribution in [3.63, 3.8) is 0 Å². The quantitative estimate of drug-likeness (QED) is 0.709. The highest BCUT2D eigenvalue weighted by atomic mass is 16.2. The third-order valence-electron chi connectivity index (χ3n) is 4.59. The summed E-state index contributed by atoms with van der Waals surface area (Å²) in [6.45, 7) is 2.29. The van der Waals surface area contributed by atoms with Crippen LogP contribution in [0.25, 0.3) is 11.1 Å². The van der Waals surface area contributed by atoms with E-state index in [9.17, 15) is 9.59 Å². The molecule has 0 fully saturated rings. The predicted octanol–water partition coefficient (Wildman–Crippen LogP) is 4.05.